The first-order valence-electron chi connectivity index (χ1n) is 7.86. The van der Waals surface area contributed by atoms with E-state index in [0.29, 0.717) is 12.1 Å². The summed E-state index contributed by atoms with van der Waals surface area (Å²) < 4.78 is 5.76. The summed E-state index contributed by atoms with van der Waals surface area (Å²) in [6.07, 6.45) is 6.40. The van der Waals surface area contributed by atoms with E-state index in [4.69, 9.17) is 4.74 Å². The molecule has 0 radical (unpaired) electrons. The zero-order valence-electron chi connectivity index (χ0n) is 12.3. The Labute approximate surface area is 112 Å². The van der Waals surface area contributed by atoms with Crippen molar-refractivity contribution in [2.45, 2.75) is 77.0 Å². The molecule has 2 fully saturated rings. The van der Waals surface area contributed by atoms with Crippen LogP contribution in [0.1, 0.15) is 52.9 Å². The van der Waals surface area contributed by atoms with Gasteiger partial charge in [0.1, 0.15) is 0 Å². The third kappa shape index (κ3) is 3.06. The maximum atomic E-state index is 5.76. The molecule has 106 valence electrons. The smallest absolute Gasteiger partial charge is 0.0637 e. The second-order valence-electron chi connectivity index (χ2n) is 5.93. The minimum atomic E-state index is 0.591. The SMILES string of the molecule is CCCNC1CCOCC1N1C(C)CCC1CC. The highest BCUT2D eigenvalue weighted by Crippen LogP contribution is 2.31. The summed E-state index contributed by atoms with van der Waals surface area (Å²) in [5, 5.41) is 3.74. The summed E-state index contributed by atoms with van der Waals surface area (Å²) >= 11 is 0. The molecule has 3 nitrogen and oxygen atoms in total. The minimum Gasteiger partial charge on any atom is -0.380 e. The Morgan fingerprint density at radius 3 is 2.78 bits per heavy atom. The van der Waals surface area contributed by atoms with Crippen molar-refractivity contribution in [2.24, 2.45) is 0 Å². The van der Waals surface area contributed by atoms with Gasteiger partial charge in [-0.2, -0.15) is 0 Å². The van der Waals surface area contributed by atoms with E-state index < -0.39 is 0 Å². The summed E-state index contributed by atoms with van der Waals surface area (Å²) in [5.74, 6) is 0. The molecule has 0 spiro atoms. The van der Waals surface area contributed by atoms with Crippen molar-refractivity contribution in [1.29, 1.82) is 0 Å². The lowest BCUT2D eigenvalue weighted by atomic mass is 9.99. The molecule has 2 aliphatic heterocycles. The largest absolute Gasteiger partial charge is 0.380 e. The van der Waals surface area contributed by atoms with Crippen molar-refractivity contribution in [3.05, 3.63) is 0 Å². The summed E-state index contributed by atoms with van der Waals surface area (Å²) in [6, 6.07) is 2.73. The Morgan fingerprint density at radius 2 is 2.06 bits per heavy atom. The average Bonchev–Trinajstić information content (AvgIpc) is 2.77. The predicted molar refractivity (Wildman–Crippen MR) is 75.9 cm³/mol. The van der Waals surface area contributed by atoms with Crippen molar-refractivity contribution in [2.75, 3.05) is 19.8 Å². The second-order valence-corrected chi connectivity index (χ2v) is 5.93. The molecule has 3 heteroatoms. The first kappa shape index (κ1) is 14.3. The van der Waals surface area contributed by atoms with Gasteiger partial charge in [-0.3, -0.25) is 4.90 Å². The van der Waals surface area contributed by atoms with Crippen molar-refractivity contribution < 1.29 is 4.74 Å². The lowest BCUT2D eigenvalue weighted by molar-refractivity contribution is -0.0208. The maximum Gasteiger partial charge on any atom is 0.0637 e. The van der Waals surface area contributed by atoms with Crippen LogP contribution < -0.4 is 5.32 Å². The van der Waals surface area contributed by atoms with Crippen LogP contribution in [0, 0.1) is 0 Å². The molecule has 2 heterocycles. The minimum absolute atomic E-state index is 0.591. The first-order valence-corrected chi connectivity index (χ1v) is 7.86. The molecule has 0 saturated carbocycles. The van der Waals surface area contributed by atoms with Gasteiger partial charge in [-0.15, -0.1) is 0 Å². The Morgan fingerprint density at radius 1 is 1.22 bits per heavy atom. The molecule has 1 N–H and O–H groups in total. The van der Waals surface area contributed by atoms with Gasteiger partial charge in [0.15, 0.2) is 0 Å². The molecule has 0 aromatic carbocycles. The van der Waals surface area contributed by atoms with Gasteiger partial charge in [0.25, 0.3) is 0 Å². The number of ether oxygens (including phenoxy) is 1. The number of hydrogen-bond acceptors (Lipinski definition) is 3. The van der Waals surface area contributed by atoms with E-state index in [1.165, 1.54) is 32.1 Å². The quantitative estimate of drug-likeness (QED) is 0.815. The van der Waals surface area contributed by atoms with Crippen LogP contribution >= 0.6 is 0 Å². The van der Waals surface area contributed by atoms with E-state index in [1.807, 2.05) is 0 Å². The van der Waals surface area contributed by atoms with Gasteiger partial charge >= 0.3 is 0 Å². The summed E-state index contributed by atoms with van der Waals surface area (Å²) in [4.78, 5) is 2.76. The van der Waals surface area contributed by atoms with Crippen molar-refractivity contribution in [3.8, 4) is 0 Å². The zero-order chi connectivity index (χ0) is 13.0. The molecule has 0 aromatic rings. The number of likely N-dealkylation sites (tertiary alicyclic amines) is 1. The predicted octanol–water partition coefficient (Wildman–Crippen LogP) is 2.41. The van der Waals surface area contributed by atoms with Gasteiger partial charge in [-0.05, 0) is 45.6 Å². The third-order valence-corrected chi connectivity index (χ3v) is 4.69. The van der Waals surface area contributed by atoms with E-state index in [1.54, 1.807) is 0 Å². The fraction of sp³-hybridized carbons (Fsp3) is 1.00. The highest BCUT2D eigenvalue weighted by molar-refractivity contribution is 4.95. The van der Waals surface area contributed by atoms with Crippen molar-refractivity contribution in [3.63, 3.8) is 0 Å². The van der Waals surface area contributed by atoms with Crippen LogP contribution in [-0.2, 0) is 4.74 Å². The molecule has 4 atom stereocenters. The molecule has 2 saturated heterocycles. The monoisotopic (exact) mass is 254 g/mol. The number of hydrogen-bond donors (Lipinski definition) is 1. The van der Waals surface area contributed by atoms with Crippen LogP contribution in [0.3, 0.4) is 0 Å². The van der Waals surface area contributed by atoms with Gasteiger partial charge < -0.3 is 10.1 Å². The van der Waals surface area contributed by atoms with Crippen LogP contribution in [0.5, 0.6) is 0 Å². The standard InChI is InChI=1S/C15H30N2O/c1-4-9-16-14-8-10-18-11-15(14)17-12(3)6-7-13(17)5-2/h12-16H,4-11H2,1-3H3. The van der Waals surface area contributed by atoms with Gasteiger partial charge in [-0.1, -0.05) is 13.8 Å². The Kier molecular flexibility index (Phi) is 5.46. The number of nitrogens with zero attached hydrogens (tertiary/aromatic N) is 1. The normalized spacial score (nSPS) is 38.2. The lowest BCUT2D eigenvalue weighted by Crippen LogP contribution is -2.58. The van der Waals surface area contributed by atoms with Crippen LogP contribution in [0.4, 0.5) is 0 Å². The fourth-order valence-corrected chi connectivity index (χ4v) is 3.69. The van der Waals surface area contributed by atoms with Crippen LogP contribution in [0.25, 0.3) is 0 Å². The van der Waals surface area contributed by atoms with Crippen LogP contribution in [-0.4, -0.2) is 48.8 Å². The molecule has 2 rings (SSSR count). The maximum absolute atomic E-state index is 5.76. The summed E-state index contributed by atoms with van der Waals surface area (Å²) in [7, 11) is 0. The van der Waals surface area contributed by atoms with E-state index >= 15 is 0 Å². The molecule has 4 unspecified atom stereocenters. The van der Waals surface area contributed by atoms with Gasteiger partial charge in [0.2, 0.25) is 0 Å². The van der Waals surface area contributed by atoms with Gasteiger partial charge in [-0.25, -0.2) is 0 Å². The zero-order valence-corrected chi connectivity index (χ0v) is 12.3. The third-order valence-electron chi connectivity index (χ3n) is 4.69. The molecule has 0 amide bonds. The Hall–Kier alpha value is -0.120. The second kappa shape index (κ2) is 6.88. The molecule has 0 aromatic heterocycles. The molecule has 2 aliphatic rings. The lowest BCUT2D eigenvalue weighted by Gasteiger charge is -2.43. The molecular weight excluding hydrogens is 224 g/mol. The highest BCUT2D eigenvalue weighted by Gasteiger charge is 2.39. The Bertz CT molecular complexity index is 247. The topological polar surface area (TPSA) is 24.5 Å². The molecule has 0 bridgehead atoms. The van der Waals surface area contributed by atoms with Gasteiger partial charge in [0.05, 0.1) is 6.61 Å². The average molecular weight is 254 g/mol. The van der Waals surface area contributed by atoms with Gasteiger partial charge in [0, 0.05) is 30.8 Å². The van der Waals surface area contributed by atoms with E-state index in [9.17, 15) is 0 Å². The summed E-state index contributed by atoms with van der Waals surface area (Å²) in [6.45, 7) is 9.95. The van der Waals surface area contributed by atoms with Crippen LogP contribution in [0.15, 0.2) is 0 Å². The first-order chi connectivity index (χ1) is 8.77. The summed E-state index contributed by atoms with van der Waals surface area (Å²) in [5.41, 5.74) is 0. The van der Waals surface area contributed by atoms with E-state index in [0.717, 1.165) is 31.8 Å². The van der Waals surface area contributed by atoms with Crippen molar-refractivity contribution >= 4 is 0 Å². The van der Waals surface area contributed by atoms with E-state index in [-0.39, 0.29) is 0 Å². The number of nitrogens with one attached hydrogen (secondary N) is 1. The molecule has 18 heavy (non-hydrogen) atoms. The molecular formula is C15H30N2O. The Balaban J connectivity index is 2.02. The fourth-order valence-electron chi connectivity index (χ4n) is 3.69. The highest BCUT2D eigenvalue weighted by atomic mass is 16.5. The van der Waals surface area contributed by atoms with E-state index in [2.05, 4.69) is 31.0 Å². The molecule has 0 aliphatic carbocycles. The van der Waals surface area contributed by atoms with Crippen LogP contribution in [0.2, 0.25) is 0 Å². The van der Waals surface area contributed by atoms with Crippen molar-refractivity contribution in [1.82, 2.24) is 10.2 Å². The number of rotatable bonds is 5.